The summed E-state index contributed by atoms with van der Waals surface area (Å²) in [6.07, 6.45) is 1.01. The summed E-state index contributed by atoms with van der Waals surface area (Å²) in [6, 6.07) is 11.5. The molecule has 0 unspecified atom stereocenters. The van der Waals surface area contributed by atoms with E-state index in [1.54, 1.807) is 19.1 Å². The van der Waals surface area contributed by atoms with E-state index in [0.717, 1.165) is 17.7 Å². The fourth-order valence-electron chi connectivity index (χ4n) is 1.79. The monoisotopic (exact) mass is 270 g/mol. The van der Waals surface area contributed by atoms with Crippen LogP contribution in [-0.4, -0.2) is 11.6 Å². The van der Waals surface area contributed by atoms with E-state index in [4.69, 9.17) is 4.42 Å². The molecule has 0 radical (unpaired) electrons. The molecule has 0 saturated heterocycles. The molecule has 104 valence electrons. The van der Waals surface area contributed by atoms with Crippen molar-refractivity contribution < 1.29 is 9.21 Å². The Morgan fingerprint density at radius 3 is 2.45 bits per heavy atom. The van der Waals surface area contributed by atoms with Gasteiger partial charge in [0.1, 0.15) is 5.76 Å². The molecular formula is C16H18N2O2. The molecule has 0 aliphatic heterocycles. The van der Waals surface area contributed by atoms with E-state index >= 15 is 0 Å². The molecule has 4 heteroatoms. The van der Waals surface area contributed by atoms with Crippen molar-refractivity contribution in [2.75, 3.05) is 0 Å². The lowest BCUT2D eigenvalue weighted by Gasteiger charge is -2.03. The molecule has 20 heavy (non-hydrogen) atoms. The first-order chi connectivity index (χ1) is 9.60. The van der Waals surface area contributed by atoms with E-state index in [9.17, 15) is 4.79 Å². The first-order valence-corrected chi connectivity index (χ1v) is 6.60. The molecular weight excluding hydrogens is 252 g/mol. The van der Waals surface area contributed by atoms with Crippen LogP contribution < -0.4 is 5.43 Å². The average Bonchev–Trinajstić information content (AvgIpc) is 2.91. The van der Waals surface area contributed by atoms with Gasteiger partial charge >= 0.3 is 5.91 Å². The summed E-state index contributed by atoms with van der Waals surface area (Å²) in [6.45, 7) is 5.76. The Morgan fingerprint density at radius 2 is 1.90 bits per heavy atom. The molecule has 0 spiro atoms. The van der Waals surface area contributed by atoms with Gasteiger partial charge in [0.15, 0.2) is 5.76 Å². The third-order valence-corrected chi connectivity index (χ3v) is 3.07. The van der Waals surface area contributed by atoms with Gasteiger partial charge in [-0.25, -0.2) is 5.43 Å². The number of nitrogens with one attached hydrogen (secondary N) is 1. The van der Waals surface area contributed by atoms with Crippen LogP contribution in [0.4, 0.5) is 0 Å². The summed E-state index contributed by atoms with van der Waals surface area (Å²) < 4.78 is 5.23. The predicted molar refractivity (Wildman–Crippen MR) is 78.9 cm³/mol. The van der Waals surface area contributed by atoms with Crippen LogP contribution >= 0.6 is 0 Å². The summed E-state index contributed by atoms with van der Waals surface area (Å²) in [4.78, 5) is 11.8. The predicted octanol–water partition coefficient (Wildman–Crippen LogP) is 3.30. The number of benzene rings is 1. The summed E-state index contributed by atoms with van der Waals surface area (Å²) in [5.74, 6) is 0.619. The second kappa shape index (κ2) is 6.19. The van der Waals surface area contributed by atoms with Gasteiger partial charge in [0.25, 0.3) is 0 Å². The molecule has 1 amide bonds. The molecule has 0 aliphatic rings. The quantitative estimate of drug-likeness (QED) is 0.684. The van der Waals surface area contributed by atoms with E-state index in [1.807, 2.05) is 19.1 Å². The van der Waals surface area contributed by atoms with Gasteiger partial charge in [0, 0.05) is 0 Å². The first kappa shape index (κ1) is 14.1. The molecule has 1 N–H and O–H groups in total. The first-order valence-electron chi connectivity index (χ1n) is 6.60. The molecule has 4 nitrogen and oxygen atoms in total. The van der Waals surface area contributed by atoms with Crippen LogP contribution in [0, 0.1) is 6.92 Å². The number of nitrogens with zero attached hydrogens (tertiary/aromatic N) is 1. The van der Waals surface area contributed by atoms with Crippen molar-refractivity contribution in [1.29, 1.82) is 0 Å². The maximum Gasteiger partial charge on any atom is 0.307 e. The number of furan rings is 1. The third kappa shape index (κ3) is 3.35. The molecule has 0 atom stereocenters. The van der Waals surface area contributed by atoms with Gasteiger partial charge in [-0.2, -0.15) is 5.10 Å². The van der Waals surface area contributed by atoms with E-state index in [-0.39, 0.29) is 11.7 Å². The normalized spacial score (nSPS) is 11.4. The number of hydrazone groups is 1. The lowest BCUT2D eigenvalue weighted by Crippen LogP contribution is -2.18. The summed E-state index contributed by atoms with van der Waals surface area (Å²) in [7, 11) is 0. The summed E-state index contributed by atoms with van der Waals surface area (Å²) >= 11 is 0. The molecule has 0 fully saturated rings. The van der Waals surface area contributed by atoms with Crippen molar-refractivity contribution in [1.82, 2.24) is 5.43 Å². The zero-order valence-electron chi connectivity index (χ0n) is 11.9. The third-order valence-electron chi connectivity index (χ3n) is 3.07. The Kier molecular flexibility index (Phi) is 4.35. The maximum absolute atomic E-state index is 11.8. The molecule has 2 rings (SSSR count). The van der Waals surface area contributed by atoms with Crippen LogP contribution in [0.1, 0.15) is 41.3 Å². The zero-order chi connectivity index (χ0) is 14.5. The van der Waals surface area contributed by atoms with Gasteiger partial charge in [-0.15, -0.1) is 0 Å². The Balaban J connectivity index is 2.04. The molecule has 2 aromatic rings. The molecule has 0 bridgehead atoms. The van der Waals surface area contributed by atoms with Crippen LogP contribution in [-0.2, 0) is 6.42 Å². The van der Waals surface area contributed by atoms with Crippen LogP contribution in [0.25, 0.3) is 0 Å². The van der Waals surface area contributed by atoms with E-state index in [1.165, 1.54) is 5.56 Å². The van der Waals surface area contributed by atoms with Gasteiger partial charge in [0.05, 0.1) is 5.71 Å². The minimum Gasteiger partial charge on any atom is -0.456 e. The van der Waals surface area contributed by atoms with Crippen LogP contribution in [0.2, 0.25) is 0 Å². The topological polar surface area (TPSA) is 54.6 Å². The van der Waals surface area contributed by atoms with Crippen molar-refractivity contribution in [3.63, 3.8) is 0 Å². The largest absolute Gasteiger partial charge is 0.456 e. The van der Waals surface area contributed by atoms with Gasteiger partial charge < -0.3 is 4.42 Å². The van der Waals surface area contributed by atoms with Crippen LogP contribution in [0.5, 0.6) is 0 Å². The van der Waals surface area contributed by atoms with Crippen molar-refractivity contribution in [2.45, 2.75) is 27.2 Å². The number of hydrogen-bond donors (Lipinski definition) is 1. The van der Waals surface area contributed by atoms with Crippen molar-refractivity contribution in [2.24, 2.45) is 5.10 Å². The number of carbonyl (C=O) groups excluding carboxylic acids is 1. The highest BCUT2D eigenvalue weighted by Gasteiger charge is 2.08. The number of aryl methyl sites for hydroxylation is 2. The smallest absolute Gasteiger partial charge is 0.307 e. The van der Waals surface area contributed by atoms with Crippen LogP contribution in [0.15, 0.2) is 45.9 Å². The number of hydrogen-bond acceptors (Lipinski definition) is 3. The minimum absolute atomic E-state index is 0.264. The summed E-state index contributed by atoms with van der Waals surface area (Å²) in [5.41, 5.74) is 5.51. The Bertz CT molecular complexity index is 624. The van der Waals surface area contributed by atoms with E-state index in [0.29, 0.717) is 5.76 Å². The fourth-order valence-corrected chi connectivity index (χ4v) is 1.79. The van der Waals surface area contributed by atoms with Crippen molar-refractivity contribution >= 4 is 11.6 Å². The highest BCUT2D eigenvalue weighted by Crippen LogP contribution is 2.07. The summed E-state index contributed by atoms with van der Waals surface area (Å²) in [5, 5.41) is 4.09. The van der Waals surface area contributed by atoms with E-state index < -0.39 is 0 Å². The number of amides is 1. The Morgan fingerprint density at radius 1 is 1.20 bits per heavy atom. The second-order valence-electron chi connectivity index (χ2n) is 4.60. The van der Waals surface area contributed by atoms with E-state index in [2.05, 4.69) is 29.6 Å². The highest BCUT2D eigenvalue weighted by molar-refractivity contribution is 6.00. The lowest BCUT2D eigenvalue weighted by molar-refractivity contribution is 0.0926. The molecule has 1 aromatic heterocycles. The number of carbonyl (C=O) groups is 1. The minimum atomic E-state index is -0.345. The lowest BCUT2D eigenvalue weighted by atomic mass is 10.1. The molecule has 1 heterocycles. The molecule has 1 aromatic carbocycles. The second-order valence-corrected chi connectivity index (χ2v) is 4.60. The van der Waals surface area contributed by atoms with Crippen molar-refractivity contribution in [3.05, 3.63) is 59.0 Å². The SMILES string of the molecule is CCc1ccc(C(C)=NNC(=O)c2ccc(C)o2)cc1. The van der Waals surface area contributed by atoms with Crippen LogP contribution in [0.3, 0.4) is 0 Å². The maximum atomic E-state index is 11.8. The zero-order valence-corrected chi connectivity index (χ0v) is 11.9. The Labute approximate surface area is 118 Å². The van der Waals surface area contributed by atoms with Crippen molar-refractivity contribution in [3.8, 4) is 0 Å². The van der Waals surface area contributed by atoms with Gasteiger partial charge in [-0.05, 0) is 43.5 Å². The average molecular weight is 270 g/mol. The highest BCUT2D eigenvalue weighted by atomic mass is 16.3. The molecule has 0 saturated carbocycles. The van der Waals surface area contributed by atoms with Gasteiger partial charge in [-0.1, -0.05) is 31.2 Å². The fraction of sp³-hybridized carbons (Fsp3) is 0.250. The molecule has 0 aliphatic carbocycles. The standard InChI is InChI=1S/C16H18N2O2/c1-4-13-6-8-14(9-7-13)12(3)17-18-16(19)15-10-5-11(2)20-15/h5-10H,4H2,1-3H3,(H,18,19). The van der Waals surface area contributed by atoms with Gasteiger partial charge in [-0.3, -0.25) is 4.79 Å². The van der Waals surface area contributed by atoms with Gasteiger partial charge in [0.2, 0.25) is 0 Å². The Hall–Kier alpha value is -2.36. The number of rotatable bonds is 4.